The van der Waals surface area contributed by atoms with Crippen LogP contribution in [0.2, 0.25) is 0 Å². The first-order chi connectivity index (χ1) is 9.22. The van der Waals surface area contributed by atoms with E-state index in [1.54, 1.807) is 0 Å². The molecule has 1 saturated carbocycles. The van der Waals surface area contributed by atoms with Gasteiger partial charge < -0.3 is 15.2 Å². The summed E-state index contributed by atoms with van der Waals surface area (Å²) in [7, 11) is 1.99. The Morgan fingerprint density at radius 2 is 2.32 bits per heavy atom. The molecule has 1 unspecified atom stereocenters. The molecule has 1 amide bonds. The summed E-state index contributed by atoms with van der Waals surface area (Å²) >= 11 is 0. The second kappa shape index (κ2) is 6.75. The monoisotopic (exact) mass is 263 g/mol. The molecule has 0 spiro atoms. The van der Waals surface area contributed by atoms with E-state index in [4.69, 9.17) is 0 Å². The molecule has 4 nitrogen and oxygen atoms in total. The number of nitrogens with one attached hydrogen (secondary N) is 2. The summed E-state index contributed by atoms with van der Waals surface area (Å²) < 4.78 is 1.97. The molecule has 1 heterocycles. The van der Waals surface area contributed by atoms with Gasteiger partial charge in [-0.25, -0.2) is 0 Å². The van der Waals surface area contributed by atoms with Crippen LogP contribution in [0, 0.1) is 5.92 Å². The fourth-order valence-corrected chi connectivity index (χ4v) is 2.33. The quantitative estimate of drug-likeness (QED) is 0.754. The number of aromatic nitrogens is 1. The molecule has 2 rings (SSSR count). The van der Waals surface area contributed by atoms with Gasteiger partial charge in [0.1, 0.15) is 6.54 Å². The molecular formula is C15H25N3O. The van der Waals surface area contributed by atoms with Crippen LogP contribution in [0.15, 0.2) is 18.5 Å². The Hall–Kier alpha value is -1.29. The van der Waals surface area contributed by atoms with Crippen molar-refractivity contribution < 1.29 is 4.79 Å². The first-order valence-electron chi connectivity index (χ1n) is 7.32. The van der Waals surface area contributed by atoms with E-state index < -0.39 is 0 Å². The Morgan fingerprint density at radius 1 is 1.53 bits per heavy atom. The van der Waals surface area contributed by atoms with Crippen molar-refractivity contribution in [1.29, 1.82) is 0 Å². The van der Waals surface area contributed by atoms with Gasteiger partial charge in [0.25, 0.3) is 0 Å². The van der Waals surface area contributed by atoms with Crippen LogP contribution >= 0.6 is 0 Å². The fourth-order valence-electron chi connectivity index (χ4n) is 2.33. The van der Waals surface area contributed by atoms with Gasteiger partial charge in [-0.1, -0.05) is 13.3 Å². The zero-order valence-corrected chi connectivity index (χ0v) is 12.0. The summed E-state index contributed by atoms with van der Waals surface area (Å²) in [6.07, 6.45) is 8.89. The zero-order valence-electron chi connectivity index (χ0n) is 12.0. The highest BCUT2D eigenvalue weighted by Crippen LogP contribution is 2.27. The molecule has 0 aliphatic heterocycles. The largest absolute Gasteiger partial charge is 0.354 e. The minimum atomic E-state index is 0.116. The summed E-state index contributed by atoms with van der Waals surface area (Å²) in [5.41, 5.74) is 1.26. The van der Waals surface area contributed by atoms with Crippen LogP contribution in [0.4, 0.5) is 0 Å². The molecule has 1 aliphatic rings. The van der Waals surface area contributed by atoms with Crippen LogP contribution in [0.3, 0.4) is 0 Å². The first kappa shape index (κ1) is 14.1. The van der Waals surface area contributed by atoms with Crippen molar-refractivity contribution in [3.05, 3.63) is 24.0 Å². The van der Waals surface area contributed by atoms with E-state index in [0.29, 0.717) is 12.6 Å². The van der Waals surface area contributed by atoms with Crippen molar-refractivity contribution in [3.8, 4) is 0 Å². The van der Waals surface area contributed by atoms with Gasteiger partial charge in [0.15, 0.2) is 0 Å². The smallest absolute Gasteiger partial charge is 0.239 e. The lowest BCUT2D eigenvalue weighted by atomic mass is 10.1. The highest BCUT2D eigenvalue weighted by molar-refractivity contribution is 5.75. The lowest BCUT2D eigenvalue weighted by Crippen LogP contribution is -2.28. The number of rotatable bonds is 8. The number of nitrogens with zero attached hydrogens (tertiary/aromatic N) is 1. The molecule has 1 aromatic rings. The van der Waals surface area contributed by atoms with Gasteiger partial charge in [-0.05, 0) is 43.9 Å². The molecule has 19 heavy (non-hydrogen) atoms. The average molecular weight is 263 g/mol. The Kier molecular flexibility index (Phi) is 5.02. The van der Waals surface area contributed by atoms with Crippen molar-refractivity contribution in [2.75, 3.05) is 13.6 Å². The maximum atomic E-state index is 11.8. The summed E-state index contributed by atoms with van der Waals surface area (Å²) in [5.74, 6) is 0.855. The maximum absolute atomic E-state index is 11.8. The highest BCUT2D eigenvalue weighted by atomic mass is 16.1. The normalized spacial score (nSPS) is 16.3. The van der Waals surface area contributed by atoms with E-state index in [-0.39, 0.29) is 5.91 Å². The van der Waals surface area contributed by atoms with E-state index >= 15 is 0 Å². The van der Waals surface area contributed by atoms with Gasteiger partial charge >= 0.3 is 0 Å². The van der Waals surface area contributed by atoms with Crippen molar-refractivity contribution >= 4 is 5.91 Å². The zero-order chi connectivity index (χ0) is 13.7. The predicted molar refractivity (Wildman–Crippen MR) is 76.9 cm³/mol. The Bertz CT molecular complexity index is 409. The molecule has 0 bridgehead atoms. The summed E-state index contributed by atoms with van der Waals surface area (Å²) in [6, 6.07) is 2.49. The molecule has 0 saturated heterocycles. The van der Waals surface area contributed by atoms with Crippen LogP contribution in [-0.2, 0) is 11.3 Å². The van der Waals surface area contributed by atoms with Crippen LogP contribution < -0.4 is 10.6 Å². The SMILES string of the molecule is CCCC(NC)c1ccn(CC(=O)NCC2CC2)c1. The van der Waals surface area contributed by atoms with Crippen LogP contribution in [0.1, 0.15) is 44.2 Å². The van der Waals surface area contributed by atoms with Crippen LogP contribution in [0.5, 0.6) is 0 Å². The molecule has 4 heteroatoms. The summed E-state index contributed by atoms with van der Waals surface area (Å²) in [4.78, 5) is 11.8. The van der Waals surface area contributed by atoms with Crippen LogP contribution in [0.25, 0.3) is 0 Å². The van der Waals surface area contributed by atoms with E-state index in [1.165, 1.54) is 18.4 Å². The molecule has 2 N–H and O–H groups in total. The first-order valence-corrected chi connectivity index (χ1v) is 7.32. The third-order valence-corrected chi connectivity index (χ3v) is 3.71. The molecule has 0 radical (unpaired) electrons. The van der Waals surface area contributed by atoms with Gasteiger partial charge in [-0.3, -0.25) is 4.79 Å². The van der Waals surface area contributed by atoms with Crippen molar-refractivity contribution in [2.45, 2.75) is 45.2 Å². The van der Waals surface area contributed by atoms with Crippen molar-refractivity contribution in [2.24, 2.45) is 5.92 Å². The molecule has 1 aromatic heterocycles. The number of hydrogen-bond acceptors (Lipinski definition) is 2. The maximum Gasteiger partial charge on any atom is 0.239 e. The Labute approximate surface area is 115 Å². The van der Waals surface area contributed by atoms with E-state index in [2.05, 4.69) is 29.8 Å². The topological polar surface area (TPSA) is 46.1 Å². The summed E-state index contributed by atoms with van der Waals surface area (Å²) in [5, 5.41) is 6.32. The van der Waals surface area contributed by atoms with Gasteiger partial charge in [0, 0.05) is 25.0 Å². The van der Waals surface area contributed by atoms with E-state index in [1.807, 2.05) is 17.8 Å². The molecule has 1 fully saturated rings. The van der Waals surface area contributed by atoms with Gasteiger partial charge in [-0.15, -0.1) is 0 Å². The molecule has 0 aromatic carbocycles. The molecular weight excluding hydrogens is 238 g/mol. The number of carbonyl (C=O) groups is 1. The number of hydrogen-bond donors (Lipinski definition) is 2. The third kappa shape index (κ3) is 4.39. The second-order valence-electron chi connectivity index (χ2n) is 5.49. The highest BCUT2D eigenvalue weighted by Gasteiger charge is 2.21. The average Bonchev–Trinajstić information content (AvgIpc) is 3.13. The lowest BCUT2D eigenvalue weighted by Gasteiger charge is -2.13. The predicted octanol–water partition coefficient (Wildman–Crippen LogP) is 2.07. The van der Waals surface area contributed by atoms with Gasteiger partial charge in [-0.2, -0.15) is 0 Å². The third-order valence-electron chi connectivity index (χ3n) is 3.71. The number of carbonyl (C=O) groups excluding carboxylic acids is 1. The Balaban J connectivity index is 1.83. The minimum absolute atomic E-state index is 0.116. The number of amides is 1. The lowest BCUT2D eigenvalue weighted by molar-refractivity contribution is -0.121. The van der Waals surface area contributed by atoms with Gasteiger partial charge in [0.2, 0.25) is 5.91 Å². The molecule has 1 aliphatic carbocycles. The van der Waals surface area contributed by atoms with Crippen LogP contribution in [-0.4, -0.2) is 24.1 Å². The second-order valence-corrected chi connectivity index (χ2v) is 5.49. The minimum Gasteiger partial charge on any atom is -0.354 e. The Morgan fingerprint density at radius 3 is 2.95 bits per heavy atom. The molecule has 106 valence electrons. The van der Waals surface area contributed by atoms with E-state index in [9.17, 15) is 4.79 Å². The molecule has 1 atom stereocenters. The van der Waals surface area contributed by atoms with Gasteiger partial charge in [0.05, 0.1) is 0 Å². The van der Waals surface area contributed by atoms with Crippen molar-refractivity contribution in [3.63, 3.8) is 0 Å². The summed E-state index contributed by atoms with van der Waals surface area (Å²) in [6.45, 7) is 3.46. The standard InChI is InChI=1S/C15H25N3O/c1-3-4-14(16-2)13-7-8-18(10-13)11-15(19)17-9-12-5-6-12/h7-8,10,12,14,16H,3-6,9,11H2,1-2H3,(H,17,19). The van der Waals surface area contributed by atoms with Crippen molar-refractivity contribution in [1.82, 2.24) is 15.2 Å². The van der Waals surface area contributed by atoms with E-state index in [0.717, 1.165) is 25.3 Å². The fraction of sp³-hybridized carbons (Fsp3) is 0.667.